The molecule has 1 aliphatic rings. The van der Waals surface area contributed by atoms with Crippen molar-refractivity contribution in [1.82, 2.24) is 0 Å². The molecule has 192 valence electrons. The number of hydrogen-bond donors (Lipinski definition) is 1. The lowest BCUT2D eigenvalue weighted by Gasteiger charge is -2.16. The SMILES string of the molecule is CCc1ccc(O[C@@H](C)C(=O)Nc2sc3c(c2C(=O)OC(C)C)CCCCCCCCCC3)cc1. The third-order valence-electron chi connectivity index (χ3n) is 6.47. The molecule has 35 heavy (non-hydrogen) atoms. The van der Waals surface area contributed by atoms with E-state index in [1.807, 2.05) is 38.1 Å². The molecule has 3 rings (SSSR count). The molecule has 0 aliphatic heterocycles. The number of ether oxygens (including phenoxy) is 2. The maximum atomic E-state index is 13.2. The van der Waals surface area contributed by atoms with Gasteiger partial charge in [0.2, 0.25) is 0 Å². The Morgan fingerprint density at radius 1 is 0.914 bits per heavy atom. The molecule has 0 radical (unpaired) electrons. The first-order valence-corrected chi connectivity index (χ1v) is 14.1. The summed E-state index contributed by atoms with van der Waals surface area (Å²) in [5.41, 5.74) is 2.83. The van der Waals surface area contributed by atoms with E-state index in [4.69, 9.17) is 9.47 Å². The third kappa shape index (κ3) is 8.09. The largest absolute Gasteiger partial charge is 0.481 e. The van der Waals surface area contributed by atoms with Gasteiger partial charge in [0.25, 0.3) is 5.91 Å². The van der Waals surface area contributed by atoms with Crippen LogP contribution in [0, 0.1) is 0 Å². The first kappa shape index (κ1) is 27.3. The van der Waals surface area contributed by atoms with Gasteiger partial charge in [-0.1, -0.05) is 57.6 Å². The highest BCUT2D eigenvalue weighted by Gasteiger charge is 2.27. The Balaban J connectivity index is 1.83. The standard InChI is InChI=1S/C29H41NO4S/c1-5-22-16-18-23(19-17-22)34-21(4)27(31)30-28-26(29(32)33-20(2)3)24-14-12-10-8-6-7-9-11-13-15-25(24)35-28/h16-21H,5-15H2,1-4H3,(H,30,31)/t21-/m0/s1. The van der Waals surface area contributed by atoms with E-state index in [0.717, 1.165) is 44.1 Å². The van der Waals surface area contributed by atoms with Gasteiger partial charge in [0.05, 0.1) is 11.7 Å². The molecule has 1 aromatic heterocycles. The van der Waals surface area contributed by atoms with Gasteiger partial charge in [-0.25, -0.2) is 4.79 Å². The smallest absolute Gasteiger partial charge is 0.341 e. The molecule has 0 fully saturated rings. The van der Waals surface area contributed by atoms with Crippen molar-refractivity contribution >= 4 is 28.2 Å². The number of anilines is 1. The lowest BCUT2D eigenvalue weighted by Crippen LogP contribution is -2.30. The molecule has 0 saturated heterocycles. The highest BCUT2D eigenvalue weighted by molar-refractivity contribution is 7.17. The molecule has 0 spiro atoms. The van der Waals surface area contributed by atoms with Gasteiger partial charge in [-0.15, -0.1) is 11.3 Å². The van der Waals surface area contributed by atoms with Crippen LogP contribution in [0.2, 0.25) is 0 Å². The predicted molar refractivity (Wildman–Crippen MR) is 144 cm³/mol. The summed E-state index contributed by atoms with van der Waals surface area (Å²) in [6, 6.07) is 7.80. The monoisotopic (exact) mass is 499 g/mol. The summed E-state index contributed by atoms with van der Waals surface area (Å²) < 4.78 is 11.5. The van der Waals surface area contributed by atoms with Crippen LogP contribution in [0.4, 0.5) is 5.00 Å². The summed E-state index contributed by atoms with van der Waals surface area (Å²) in [6.07, 6.45) is 11.4. The Morgan fingerprint density at radius 2 is 1.51 bits per heavy atom. The van der Waals surface area contributed by atoms with Crippen LogP contribution in [-0.4, -0.2) is 24.1 Å². The molecule has 0 bridgehead atoms. The number of benzene rings is 1. The van der Waals surface area contributed by atoms with Gasteiger partial charge in [0.15, 0.2) is 6.10 Å². The second-order valence-corrected chi connectivity index (χ2v) is 10.8. The number of thiophene rings is 1. The summed E-state index contributed by atoms with van der Waals surface area (Å²) in [7, 11) is 0. The normalized spacial score (nSPS) is 15.9. The molecular formula is C29H41NO4S. The number of hydrogen-bond acceptors (Lipinski definition) is 5. The summed E-state index contributed by atoms with van der Waals surface area (Å²) in [6.45, 7) is 7.55. The van der Waals surface area contributed by atoms with E-state index in [9.17, 15) is 9.59 Å². The van der Waals surface area contributed by atoms with Crippen LogP contribution < -0.4 is 10.1 Å². The Kier molecular flexibility index (Phi) is 10.6. The van der Waals surface area contributed by atoms with Crippen LogP contribution in [0.3, 0.4) is 0 Å². The zero-order chi connectivity index (χ0) is 25.2. The summed E-state index contributed by atoms with van der Waals surface area (Å²) in [5.74, 6) is 0.0476. The average molecular weight is 500 g/mol. The lowest BCUT2D eigenvalue weighted by atomic mass is 9.97. The predicted octanol–water partition coefficient (Wildman–Crippen LogP) is 7.50. The topological polar surface area (TPSA) is 64.6 Å². The number of aryl methyl sites for hydroxylation is 2. The fraction of sp³-hybridized carbons (Fsp3) is 0.586. The van der Waals surface area contributed by atoms with Gasteiger partial charge in [0.1, 0.15) is 10.8 Å². The minimum Gasteiger partial charge on any atom is -0.481 e. The molecule has 1 atom stereocenters. The molecule has 5 nitrogen and oxygen atoms in total. The van der Waals surface area contributed by atoms with Gasteiger partial charge < -0.3 is 14.8 Å². The second kappa shape index (κ2) is 13.7. The van der Waals surface area contributed by atoms with Crippen LogP contribution in [0.5, 0.6) is 5.75 Å². The second-order valence-electron chi connectivity index (χ2n) is 9.74. The molecule has 1 aromatic carbocycles. The molecule has 1 amide bonds. The molecule has 6 heteroatoms. The number of amides is 1. The van der Waals surface area contributed by atoms with Gasteiger partial charge in [-0.3, -0.25) is 4.79 Å². The number of esters is 1. The quantitative estimate of drug-likeness (QED) is 0.401. The summed E-state index contributed by atoms with van der Waals surface area (Å²) in [4.78, 5) is 27.5. The highest BCUT2D eigenvalue weighted by atomic mass is 32.1. The van der Waals surface area contributed by atoms with E-state index in [2.05, 4.69) is 12.2 Å². The van der Waals surface area contributed by atoms with E-state index in [1.54, 1.807) is 6.92 Å². The van der Waals surface area contributed by atoms with Crippen LogP contribution in [0.25, 0.3) is 0 Å². The molecule has 0 unspecified atom stereocenters. The molecule has 1 N–H and O–H groups in total. The summed E-state index contributed by atoms with van der Waals surface area (Å²) >= 11 is 1.54. The van der Waals surface area contributed by atoms with Gasteiger partial charge in [-0.05, 0) is 76.1 Å². The zero-order valence-corrected chi connectivity index (χ0v) is 22.6. The zero-order valence-electron chi connectivity index (χ0n) is 21.8. The van der Waals surface area contributed by atoms with Crippen molar-refractivity contribution in [1.29, 1.82) is 0 Å². The molecular weight excluding hydrogens is 458 g/mol. The number of carbonyl (C=O) groups excluding carboxylic acids is 2. The Hall–Kier alpha value is -2.34. The van der Waals surface area contributed by atoms with E-state index in [1.165, 1.54) is 53.9 Å². The van der Waals surface area contributed by atoms with Crippen molar-refractivity contribution in [3.05, 3.63) is 45.8 Å². The Bertz CT molecular complexity index is 964. The fourth-order valence-electron chi connectivity index (χ4n) is 4.48. The van der Waals surface area contributed by atoms with Crippen molar-refractivity contribution in [2.75, 3.05) is 5.32 Å². The van der Waals surface area contributed by atoms with Crippen molar-refractivity contribution in [3.8, 4) is 5.75 Å². The first-order valence-electron chi connectivity index (χ1n) is 13.3. The van der Waals surface area contributed by atoms with Crippen molar-refractivity contribution in [2.24, 2.45) is 0 Å². The fourth-order valence-corrected chi connectivity index (χ4v) is 5.76. The molecule has 2 aromatic rings. The number of nitrogens with one attached hydrogen (secondary N) is 1. The summed E-state index contributed by atoms with van der Waals surface area (Å²) in [5, 5.41) is 3.61. The maximum Gasteiger partial charge on any atom is 0.341 e. The van der Waals surface area contributed by atoms with E-state index < -0.39 is 6.10 Å². The third-order valence-corrected chi connectivity index (χ3v) is 7.68. The lowest BCUT2D eigenvalue weighted by molar-refractivity contribution is -0.122. The minimum absolute atomic E-state index is 0.221. The number of fused-ring (bicyclic) bond motifs is 1. The van der Waals surface area contributed by atoms with Crippen LogP contribution in [-0.2, 0) is 28.8 Å². The van der Waals surface area contributed by atoms with Gasteiger partial charge >= 0.3 is 5.97 Å². The average Bonchev–Trinajstić information content (AvgIpc) is 3.15. The van der Waals surface area contributed by atoms with Crippen LogP contribution >= 0.6 is 11.3 Å². The Morgan fingerprint density at radius 3 is 2.11 bits per heavy atom. The molecule has 1 aliphatic carbocycles. The maximum absolute atomic E-state index is 13.2. The molecule has 0 saturated carbocycles. The minimum atomic E-state index is -0.695. The highest BCUT2D eigenvalue weighted by Crippen LogP contribution is 2.37. The van der Waals surface area contributed by atoms with E-state index in [0.29, 0.717) is 16.3 Å². The van der Waals surface area contributed by atoms with Crippen LogP contribution in [0.15, 0.2) is 24.3 Å². The van der Waals surface area contributed by atoms with E-state index >= 15 is 0 Å². The van der Waals surface area contributed by atoms with Crippen LogP contribution in [0.1, 0.15) is 105 Å². The van der Waals surface area contributed by atoms with E-state index in [-0.39, 0.29) is 18.0 Å². The van der Waals surface area contributed by atoms with Gasteiger partial charge in [0, 0.05) is 4.88 Å². The number of rotatable bonds is 7. The Labute approximate surface area is 214 Å². The first-order chi connectivity index (χ1) is 16.9. The van der Waals surface area contributed by atoms with Crippen molar-refractivity contribution in [3.63, 3.8) is 0 Å². The van der Waals surface area contributed by atoms with Crippen molar-refractivity contribution in [2.45, 2.75) is 111 Å². The van der Waals surface area contributed by atoms with Gasteiger partial charge in [-0.2, -0.15) is 0 Å². The molecule has 1 heterocycles. The number of carbonyl (C=O) groups is 2. The van der Waals surface area contributed by atoms with Crippen molar-refractivity contribution < 1.29 is 19.1 Å².